The maximum absolute atomic E-state index is 12.7. The fourth-order valence-corrected chi connectivity index (χ4v) is 5.14. The second-order valence-electron chi connectivity index (χ2n) is 8.67. The van der Waals surface area contributed by atoms with Crippen LogP contribution in [0, 0.1) is 10.8 Å². The SMILES string of the molecule is NCC(N)C(=O)N1CC23CN(C(=O)C(N)CN)CC2(C1)CN(C(=O)C(N)CN)C3. The molecule has 3 rings (SSSR count). The number of nitrogens with zero attached hydrogens (tertiary/aromatic N) is 3. The van der Waals surface area contributed by atoms with Crippen LogP contribution in [0.4, 0.5) is 0 Å². The Morgan fingerprint density at radius 1 is 0.586 bits per heavy atom. The summed E-state index contributed by atoms with van der Waals surface area (Å²) in [7, 11) is 0. The molecular formula is C17H33N9O3. The van der Waals surface area contributed by atoms with Gasteiger partial charge in [0.2, 0.25) is 17.7 Å². The average Bonchev–Trinajstić information content (AvgIpc) is 3.28. The summed E-state index contributed by atoms with van der Waals surface area (Å²) in [6.45, 7) is 2.52. The van der Waals surface area contributed by atoms with Gasteiger partial charge >= 0.3 is 0 Å². The monoisotopic (exact) mass is 411 g/mol. The summed E-state index contributed by atoms with van der Waals surface area (Å²) in [5, 5.41) is 0. The Labute approximate surface area is 169 Å². The summed E-state index contributed by atoms with van der Waals surface area (Å²) in [4.78, 5) is 43.1. The van der Waals surface area contributed by atoms with E-state index in [1.165, 1.54) is 0 Å². The molecule has 3 amide bonds. The molecule has 3 unspecified atom stereocenters. The van der Waals surface area contributed by atoms with Crippen molar-refractivity contribution in [2.24, 2.45) is 45.2 Å². The lowest BCUT2D eigenvalue weighted by molar-refractivity contribution is -0.135. The Hall–Kier alpha value is -1.83. The Morgan fingerprint density at radius 3 is 0.966 bits per heavy atom. The Balaban J connectivity index is 1.86. The van der Waals surface area contributed by atoms with Crippen molar-refractivity contribution >= 4 is 17.7 Å². The normalized spacial score (nSPS) is 31.4. The highest BCUT2D eigenvalue weighted by atomic mass is 16.2. The van der Waals surface area contributed by atoms with Crippen molar-refractivity contribution < 1.29 is 14.4 Å². The first kappa shape index (κ1) is 21.9. The molecule has 3 aliphatic heterocycles. The van der Waals surface area contributed by atoms with Gasteiger partial charge in [0.05, 0.1) is 18.1 Å². The average molecular weight is 412 g/mol. The first-order valence-corrected chi connectivity index (χ1v) is 9.87. The number of amides is 3. The summed E-state index contributed by atoms with van der Waals surface area (Å²) < 4.78 is 0. The molecule has 0 radical (unpaired) electrons. The van der Waals surface area contributed by atoms with Gasteiger partial charge in [0.25, 0.3) is 0 Å². The van der Waals surface area contributed by atoms with E-state index in [1.54, 1.807) is 14.7 Å². The highest BCUT2D eigenvalue weighted by Crippen LogP contribution is 2.57. The zero-order valence-corrected chi connectivity index (χ0v) is 16.6. The molecule has 0 aliphatic carbocycles. The molecule has 0 saturated carbocycles. The molecule has 12 heteroatoms. The first-order chi connectivity index (χ1) is 13.6. The Morgan fingerprint density at radius 2 is 0.793 bits per heavy atom. The van der Waals surface area contributed by atoms with Crippen LogP contribution in [0.25, 0.3) is 0 Å². The molecule has 0 aromatic carbocycles. The number of nitrogens with two attached hydrogens (primary N) is 6. The number of hydrogen-bond acceptors (Lipinski definition) is 9. The lowest BCUT2D eigenvalue weighted by Gasteiger charge is -2.33. The molecule has 12 N–H and O–H groups in total. The quantitative estimate of drug-likeness (QED) is 0.245. The standard InChI is InChI=1S/C17H33N9O3/c18-1-10(21)13(27)24-4-16-6-25(14(28)11(22)2-19)7-17(16,5-24)9-26(8-16)15(29)12(23)3-20/h10-12H,1-9,18-23H2. The fourth-order valence-electron chi connectivity index (χ4n) is 5.14. The highest BCUT2D eigenvalue weighted by molar-refractivity contribution is 5.85. The smallest absolute Gasteiger partial charge is 0.240 e. The highest BCUT2D eigenvalue weighted by Gasteiger charge is 2.69. The number of rotatable bonds is 6. The molecular weight excluding hydrogens is 378 g/mol. The van der Waals surface area contributed by atoms with Crippen molar-refractivity contribution in [3.05, 3.63) is 0 Å². The van der Waals surface area contributed by atoms with Gasteiger partial charge in [0.15, 0.2) is 0 Å². The van der Waals surface area contributed by atoms with E-state index < -0.39 is 29.0 Å². The third kappa shape index (κ3) is 3.39. The molecule has 0 spiro atoms. The van der Waals surface area contributed by atoms with E-state index in [1.807, 2.05) is 0 Å². The van der Waals surface area contributed by atoms with E-state index in [9.17, 15) is 14.4 Å². The summed E-state index contributed by atoms with van der Waals surface area (Å²) in [5.41, 5.74) is 33.3. The van der Waals surface area contributed by atoms with Crippen LogP contribution >= 0.6 is 0 Å². The molecule has 3 saturated heterocycles. The third-order valence-electron chi connectivity index (χ3n) is 6.73. The lowest BCUT2D eigenvalue weighted by atomic mass is 9.71. The Bertz CT molecular complexity index is 577. The van der Waals surface area contributed by atoms with Gasteiger partial charge in [-0.25, -0.2) is 0 Å². The van der Waals surface area contributed by atoms with Crippen LogP contribution < -0.4 is 34.4 Å². The molecule has 0 bridgehead atoms. The van der Waals surface area contributed by atoms with Crippen LogP contribution in [-0.4, -0.2) is 109 Å². The summed E-state index contributed by atoms with van der Waals surface area (Å²) in [6.07, 6.45) is 0. The van der Waals surface area contributed by atoms with Crippen LogP contribution in [0.2, 0.25) is 0 Å². The first-order valence-electron chi connectivity index (χ1n) is 9.87. The molecule has 164 valence electrons. The summed E-state index contributed by atoms with van der Waals surface area (Å²) in [6, 6.07) is -2.31. The van der Waals surface area contributed by atoms with Crippen molar-refractivity contribution in [2.75, 3.05) is 58.9 Å². The van der Waals surface area contributed by atoms with E-state index in [-0.39, 0.29) is 37.4 Å². The van der Waals surface area contributed by atoms with Crippen molar-refractivity contribution in [3.8, 4) is 0 Å². The van der Waals surface area contributed by atoms with Crippen molar-refractivity contribution in [3.63, 3.8) is 0 Å². The molecule has 0 aromatic heterocycles. The van der Waals surface area contributed by atoms with E-state index in [4.69, 9.17) is 34.4 Å². The fraction of sp³-hybridized carbons (Fsp3) is 0.824. The van der Waals surface area contributed by atoms with Gasteiger partial charge < -0.3 is 49.1 Å². The minimum absolute atomic E-state index is 0.0568. The second kappa shape index (κ2) is 7.78. The van der Waals surface area contributed by atoms with Crippen LogP contribution in [0.15, 0.2) is 0 Å². The lowest BCUT2D eigenvalue weighted by Crippen LogP contribution is -2.54. The largest absolute Gasteiger partial charge is 0.340 e. The maximum atomic E-state index is 12.7. The predicted molar refractivity (Wildman–Crippen MR) is 106 cm³/mol. The van der Waals surface area contributed by atoms with Crippen LogP contribution in [0.1, 0.15) is 0 Å². The minimum Gasteiger partial charge on any atom is -0.340 e. The zero-order chi connectivity index (χ0) is 21.6. The van der Waals surface area contributed by atoms with E-state index >= 15 is 0 Å². The van der Waals surface area contributed by atoms with Crippen molar-refractivity contribution in [1.29, 1.82) is 0 Å². The maximum Gasteiger partial charge on any atom is 0.240 e. The molecule has 0 aromatic rings. The third-order valence-corrected chi connectivity index (χ3v) is 6.73. The van der Waals surface area contributed by atoms with Gasteiger partial charge in [-0.2, -0.15) is 0 Å². The molecule has 3 heterocycles. The van der Waals surface area contributed by atoms with Crippen molar-refractivity contribution in [1.82, 2.24) is 14.7 Å². The topological polar surface area (TPSA) is 217 Å². The molecule has 3 fully saturated rings. The minimum atomic E-state index is -0.769. The van der Waals surface area contributed by atoms with Crippen LogP contribution in [0.5, 0.6) is 0 Å². The van der Waals surface area contributed by atoms with Crippen LogP contribution in [0.3, 0.4) is 0 Å². The Kier molecular flexibility index (Phi) is 5.87. The van der Waals surface area contributed by atoms with Gasteiger partial charge in [-0.15, -0.1) is 0 Å². The summed E-state index contributed by atoms with van der Waals surface area (Å²) >= 11 is 0. The molecule has 12 nitrogen and oxygen atoms in total. The van der Waals surface area contributed by atoms with Crippen molar-refractivity contribution in [2.45, 2.75) is 18.1 Å². The molecule has 3 aliphatic rings. The van der Waals surface area contributed by atoms with Gasteiger partial charge in [0.1, 0.15) is 0 Å². The van der Waals surface area contributed by atoms with Gasteiger partial charge in [-0.3, -0.25) is 14.4 Å². The second-order valence-corrected chi connectivity index (χ2v) is 8.67. The zero-order valence-electron chi connectivity index (χ0n) is 16.6. The number of hydrogen-bond donors (Lipinski definition) is 6. The van der Waals surface area contributed by atoms with Gasteiger partial charge in [-0.1, -0.05) is 0 Å². The van der Waals surface area contributed by atoms with E-state index in [2.05, 4.69) is 0 Å². The van der Waals surface area contributed by atoms with Gasteiger partial charge in [-0.05, 0) is 0 Å². The number of carbonyl (C=O) groups is 3. The van der Waals surface area contributed by atoms with E-state index in [0.29, 0.717) is 39.3 Å². The summed E-state index contributed by atoms with van der Waals surface area (Å²) in [5.74, 6) is -0.637. The van der Waals surface area contributed by atoms with E-state index in [0.717, 1.165) is 0 Å². The molecule has 29 heavy (non-hydrogen) atoms. The predicted octanol–water partition coefficient (Wildman–Crippen LogP) is -5.66. The molecule has 3 atom stereocenters. The van der Waals surface area contributed by atoms with Crippen LogP contribution in [-0.2, 0) is 14.4 Å². The van der Waals surface area contributed by atoms with Gasteiger partial charge in [0, 0.05) is 69.7 Å². The number of likely N-dealkylation sites (tertiary alicyclic amines) is 3. The number of carbonyl (C=O) groups excluding carboxylic acids is 3.